The number of aliphatic hydroxyl groups is 1. The van der Waals surface area contributed by atoms with Crippen LogP contribution in [0.25, 0.3) is 0 Å². The second-order valence-corrected chi connectivity index (χ2v) is 5.46. The fourth-order valence-corrected chi connectivity index (χ4v) is 1.53. The topological polar surface area (TPSA) is 58.6 Å². The minimum Gasteiger partial charge on any atom is -0.444 e. The van der Waals surface area contributed by atoms with E-state index in [9.17, 15) is 14.3 Å². The highest BCUT2D eigenvalue weighted by Gasteiger charge is 2.20. The van der Waals surface area contributed by atoms with E-state index < -0.39 is 23.6 Å². The Labute approximate surface area is 116 Å². The molecule has 0 heterocycles. The smallest absolute Gasteiger partial charge is 0.408 e. The Hall–Kier alpha value is -1.33. The van der Waals surface area contributed by atoms with Gasteiger partial charge in [0.25, 0.3) is 0 Å². The summed E-state index contributed by atoms with van der Waals surface area (Å²) in [4.78, 5) is 11.6. The molecule has 0 saturated heterocycles. The average Bonchev–Trinajstić information content (AvgIpc) is 2.27. The van der Waals surface area contributed by atoms with Crippen LogP contribution in [0.15, 0.2) is 18.2 Å². The Kier molecular flexibility index (Phi) is 5.14. The van der Waals surface area contributed by atoms with E-state index in [-0.39, 0.29) is 11.6 Å². The molecule has 19 heavy (non-hydrogen) atoms. The summed E-state index contributed by atoms with van der Waals surface area (Å²) < 4.78 is 18.4. The number of hydrogen-bond acceptors (Lipinski definition) is 3. The first-order valence-electron chi connectivity index (χ1n) is 5.78. The molecule has 1 rings (SSSR count). The van der Waals surface area contributed by atoms with Crippen molar-refractivity contribution in [1.29, 1.82) is 0 Å². The SMILES string of the molecule is CC(C)(C)OC(=O)NC(CO)c1ccc(Cl)c(F)c1. The van der Waals surface area contributed by atoms with Crippen LogP contribution in [0.5, 0.6) is 0 Å². The second kappa shape index (κ2) is 6.21. The highest BCUT2D eigenvalue weighted by molar-refractivity contribution is 6.30. The summed E-state index contributed by atoms with van der Waals surface area (Å²) in [6.07, 6.45) is -0.679. The number of amides is 1. The van der Waals surface area contributed by atoms with Crippen molar-refractivity contribution in [3.63, 3.8) is 0 Å². The molecule has 1 atom stereocenters. The molecular formula is C13H17ClFNO3. The van der Waals surface area contributed by atoms with E-state index in [0.29, 0.717) is 5.56 Å². The maximum atomic E-state index is 13.3. The van der Waals surface area contributed by atoms with Crippen LogP contribution in [-0.2, 0) is 4.74 Å². The lowest BCUT2D eigenvalue weighted by molar-refractivity contribution is 0.0481. The van der Waals surface area contributed by atoms with Crippen LogP contribution in [0.4, 0.5) is 9.18 Å². The molecule has 0 aliphatic rings. The van der Waals surface area contributed by atoms with Gasteiger partial charge in [-0.2, -0.15) is 0 Å². The normalized spacial score (nSPS) is 12.9. The van der Waals surface area contributed by atoms with Gasteiger partial charge in [-0.25, -0.2) is 9.18 Å². The fourth-order valence-electron chi connectivity index (χ4n) is 1.41. The van der Waals surface area contributed by atoms with Gasteiger partial charge < -0.3 is 15.2 Å². The number of benzene rings is 1. The van der Waals surface area contributed by atoms with Gasteiger partial charge in [-0.05, 0) is 38.5 Å². The minimum atomic E-state index is -0.749. The van der Waals surface area contributed by atoms with Crippen molar-refractivity contribution < 1.29 is 19.0 Å². The molecule has 0 aromatic heterocycles. The van der Waals surface area contributed by atoms with Crippen molar-refractivity contribution in [2.24, 2.45) is 0 Å². The van der Waals surface area contributed by atoms with Crippen molar-refractivity contribution in [3.05, 3.63) is 34.6 Å². The summed E-state index contributed by atoms with van der Waals surface area (Å²) in [6.45, 7) is 4.80. The van der Waals surface area contributed by atoms with Crippen LogP contribution < -0.4 is 5.32 Å². The standard InChI is InChI=1S/C13H17ClFNO3/c1-13(2,3)19-12(18)16-11(7-17)8-4-5-9(14)10(15)6-8/h4-6,11,17H,7H2,1-3H3,(H,16,18). The first-order valence-corrected chi connectivity index (χ1v) is 6.16. The monoisotopic (exact) mass is 289 g/mol. The third-order valence-corrected chi connectivity index (χ3v) is 2.53. The van der Waals surface area contributed by atoms with Gasteiger partial charge in [-0.1, -0.05) is 17.7 Å². The Morgan fingerprint density at radius 3 is 2.63 bits per heavy atom. The van der Waals surface area contributed by atoms with Crippen molar-refractivity contribution >= 4 is 17.7 Å². The summed E-state index contributed by atoms with van der Waals surface area (Å²) in [5.41, 5.74) is -0.231. The zero-order valence-electron chi connectivity index (χ0n) is 11.0. The van der Waals surface area contributed by atoms with E-state index in [1.54, 1.807) is 20.8 Å². The number of carbonyl (C=O) groups excluding carboxylic acids is 1. The molecule has 1 aromatic rings. The lowest BCUT2D eigenvalue weighted by atomic mass is 10.1. The van der Waals surface area contributed by atoms with Gasteiger partial charge in [0.2, 0.25) is 0 Å². The zero-order chi connectivity index (χ0) is 14.6. The Morgan fingerprint density at radius 1 is 1.53 bits per heavy atom. The molecule has 2 N–H and O–H groups in total. The van der Waals surface area contributed by atoms with Crippen LogP contribution >= 0.6 is 11.6 Å². The predicted octanol–water partition coefficient (Wildman–Crippen LogP) is 3.04. The molecule has 1 aromatic carbocycles. The van der Waals surface area contributed by atoms with Gasteiger partial charge in [0.1, 0.15) is 11.4 Å². The molecule has 0 saturated carbocycles. The summed E-state index contributed by atoms with van der Waals surface area (Å²) in [7, 11) is 0. The number of hydrogen-bond donors (Lipinski definition) is 2. The number of rotatable bonds is 3. The van der Waals surface area contributed by atoms with E-state index in [4.69, 9.17) is 16.3 Å². The number of carbonyl (C=O) groups is 1. The first-order chi connectivity index (χ1) is 8.73. The fraction of sp³-hybridized carbons (Fsp3) is 0.462. The molecule has 0 aliphatic heterocycles. The molecule has 0 radical (unpaired) electrons. The van der Waals surface area contributed by atoms with Gasteiger partial charge in [-0.3, -0.25) is 0 Å². The Balaban J connectivity index is 2.78. The molecular weight excluding hydrogens is 273 g/mol. The van der Waals surface area contributed by atoms with E-state index in [1.807, 2.05) is 0 Å². The third kappa shape index (κ3) is 5.04. The molecule has 1 unspecified atom stereocenters. The summed E-state index contributed by atoms with van der Waals surface area (Å²) in [5, 5.41) is 11.7. The van der Waals surface area contributed by atoms with Gasteiger partial charge in [0.05, 0.1) is 17.7 Å². The number of alkyl carbamates (subject to hydrolysis) is 1. The predicted molar refractivity (Wildman–Crippen MR) is 70.6 cm³/mol. The van der Waals surface area contributed by atoms with Crippen LogP contribution in [0.1, 0.15) is 32.4 Å². The van der Waals surface area contributed by atoms with Gasteiger partial charge in [0, 0.05) is 0 Å². The Bertz CT molecular complexity index is 460. The van der Waals surface area contributed by atoms with Gasteiger partial charge in [-0.15, -0.1) is 0 Å². The van der Waals surface area contributed by atoms with E-state index >= 15 is 0 Å². The molecule has 106 valence electrons. The van der Waals surface area contributed by atoms with E-state index in [2.05, 4.69) is 5.32 Å². The molecule has 0 bridgehead atoms. The highest BCUT2D eigenvalue weighted by Crippen LogP contribution is 2.20. The van der Waals surface area contributed by atoms with Gasteiger partial charge in [0.15, 0.2) is 0 Å². The third-order valence-electron chi connectivity index (χ3n) is 2.22. The summed E-state index contributed by atoms with van der Waals surface area (Å²) in [6, 6.07) is 3.32. The van der Waals surface area contributed by atoms with Crippen LogP contribution in [0.2, 0.25) is 5.02 Å². The number of ether oxygens (including phenoxy) is 1. The summed E-state index contributed by atoms with van der Waals surface area (Å²) in [5.74, 6) is -0.608. The van der Waals surface area contributed by atoms with Gasteiger partial charge >= 0.3 is 6.09 Å². The van der Waals surface area contributed by atoms with Crippen LogP contribution in [-0.4, -0.2) is 23.4 Å². The quantitative estimate of drug-likeness (QED) is 0.899. The lowest BCUT2D eigenvalue weighted by Crippen LogP contribution is -2.36. The molecule has 1 amide bonds. The maximum Gasteiger partial charge on any atom is 0.408 e. The van der Waals surface area contributed by atoms with Crippen molar-refractivity contribution in [2.75, 3.05) is 6.61 Å². The van der Waals surface area contributed by atoms with Crippen LogP contribution in [0.3, 0.4) is 0 Å². The Morgan fingerprint density at radius 2 is 2.16 bits per heavy atom. The summed E-state index contributed by atoms with van der Waals surface area (Å²) >= 11 is 5.57. The number of nitrogens with one attached hydrogen (secondary N) is 1. The molecule has 6 heteroatoms. The van der Waals surface area contributed by atoms with Crippen molar-refractivity contribution in [1.82, 2.24) is 5.32 Å². The van der Waals surface area contributed by atoms with Crippen molar-refractivity contribution in [2.45, 2.75) is 32.4 Å². The van der Waals surface area contributed by atoms with Crippen LogP contribution in [0, 0.1) is 5.82 Å². The largest absolute Gasteiger partial charge is 0.444 e. The van der Waals surface area contributed by atoms with E-state index in [0.717, 1.165) is 0 Å². The number of halogens is 2. The zero-order valence-corrected chi connectivity index (χ0v) is 11.8. The average molecular weight is 290 g/mol. The molecule has 4 nitrogen and oxygen atoms in total. The minimum absolute atomic E-state index is 0.0160. The maximum absolute atomic E-state index is 13.3. The number of aliphatic hydroxyl groups excluding tert-OH is 1. The molecule has 0 spiro atoms. The molecule has 0 aliphatic carbocycles. The van der Waals surface area contributed by atoms with Crippen molar-refractivity contribution in [3.8, 4) is 0 Å². The lowest BCUT2D eigenvalue weighted by Gasteiger charge is -2.23. The highest BCUT2D eigenvalue weighted by atomic mass is 35.5. The first kappa shape index (κ1) is 15.7. The second-order valence-electron chi connectivity index (χ2n) is 5.05. The molecule has 0 fully saturated rings. The van der Waals surface area contributed by atoms with E-state index in [1.165, 1.54) is 18.2 Å².